The van der Waals surface area contributed by atoms with Crippen molar-refractivity contribution in [3.8, 4) is 0 Å². The molecule has 1 amide bonds. The summed E-state index contributed by atoms with van der Waals surface area (Å²) in [4.78, 5) is 24.7. The molecule has 0 aromatic heterocycles. The van der Waals surface area contributed by atoms with Crippen LogP contribution in [0.3, 0.4) is 0 Å². The first-order chi connectivity index (χ1) is 9.93. The van der Waals surface area contributed by atoms with Crippen molar-refractivity contribution in [2.45, 2.75) is 19.8 Å². The molecule has 4 N–H and O–H groups in total. The fourth-order valence-corrected chi connectivity index (χ4v) is 2.65. The number of hydrogen-bond donors (Lipinski definition) is 2. The van der Waals surface area contributed by atoms with Crippen molar-refractivity contribution in [2.24, 2.45) is 11.7 Å². The van der Waals surface area contributed by atoms with Crippen LogP contribution in [0, 0.1) is 23.0 Å². The fraction of sp³-hybridized carbons (Fsp3) is 0.500. The Hall–Kier alpha value is -2.15. The van der Waals surface area contributed by atoms with Gasteiger partial charge in [-0.15, -0.1) is 0 Å². The Morgan fingerprint density at radius 3 is 2.57 bits per heavy atom. The van der Waals surface area contributed by atoms with Crippen LogP contribution in [0.5, 0.6) is 0 Å². The number of anilines is 1. The van der Waals surface area contributed by atoms with Crippen LogP contribution in [0.1, 0.15) is 28.8 Å². The van der Waals surface area contributed by atoms with Crippen LogP contribution in [0.25, 0.3) is 0 Å². The summed E-state index contributed by atoms with van der Waals surface area (Å²) in [7, 11) is 0. The van der Waals surface area contributed by atoms with E-state index in [0.29, 0.717) is 31.1 Å². The molecule has 114 valence electrons. The highest BCUT2D eigenvalue weighted by atomic mass is 16.6. The van der Waals surface area contributed by atoms with Crippen LogP contribution in [-0.4, -0.2) is 35.4 Å². The van der Waals surface area contributed by atoms with E-state index < -0.39 is 4.92 Å². The Bertz CT molecular complexity index is 566. The lowest BCUT2D eigenvalue weighted by atomic mass is 9.96. The quantitative estimate of drug-likeness (QED) is 0.495. The molecule has 1 aliphatic heterocycles. The molecular weight excluding hydrogens is 272 g/mol. The summed E-state index contributed by atoms with van der Waals surface area (Å²) in [6.45, 7) is 3.56. The van der Waals surface area contributed by atoms with Crippen molar-refractivity contribution < 1.29 is 9.72 Å². The minimum atomic E-state index is -0.556. The number of nitro benzene ring substituents is 1. The number of piperidine rings is 1. The smallest absolute Gasteiger partial charge is 0.293 e. The standard InChI is InChI=1S/C14H20N4O3/c1-9-6-11(13(16)12(7-9)18(20)21)14(19)17-4-2-10(8-15)3-5-17/h6-7,10H,2-5,8,15-16H2,1H3. The van der Waals surface area contributed by atoms with Crippen molar-refractivity contribution >= 4 is 17.3 Å². The van der Waals surface area contributed by atoms with Crippen LogP contribution < -0.4 is 11.5 Å². The lowest BCUT2D eigenvalue weighted by molar-refractivity contribution is -0.384. The number of hydrogen-bond acceptors (Lipinski definition) is 5. The summed E-state index contributed by atoms with van der Waals surface area (Å²) in [5.74, 6) is 0.202. The average Bonchev–Trinajstić information content (AvgIpc) is 2.48. The monoisotopic (exact) mass is 292 g/mol. The van der Waals surface area contributed by atoms with Gasteiger partial charge in [-0.05, 0) is 43.9 Å². The highest BCUT2D eigenvalue weighted by molar-refractivity contribution is 6.01. The number of likely N-dealkylation sites (tertiary alicyclic amines) is 1. The Morgan fingerprint density at radius 2 is 2.05 bits per heavy atom. The van der Waals surface area contributed by atoms with Crippen LogP contribution >= 0.6 is 0 Å². The van der Waals surface area contributed by atoms with Crippen LogP contribution in [0.15, 0.2) is 12.1 Å². The summed E-state index contributed by atoms with van der Waals surface area (Å²) in [6, 6.07) is 2.99. The number of carbonyl (C=O) groups is 1. The van der Waals surface area contributed by atoms with Crippen molar-refractivity contribution in [1.82, 2.24) is 4.90 Å². The predicted molar refractivity (Wildman–Crippen MR) is 79.9 cm³/mol. The number of benzene rings is 1. The summed E-state index contributed by atoms with van der Waals surface area (Å²) in [5.41, 5.74) is 12.0. The van der Waals surface area contributed by atoms with Gasteiger partial charge in [0.1, 0.15) is 5.69 Å². The van der Waals surface area contributed by atoms with Crippen molar-refractivity contribution in [1.29, 1.82) is 0 Å². The molecule has 1 saturated heterocycles. The number of carbonyl (C=O) groups excluding carboxylic acids is 1. The Labute approximate surface area is 123 Å². The van der Waals surface area contributed by atoms with E-state index in [4.69, 9.17) is 11.5 Å². The van der Waals surface area contributed by atoms with E-state index in [1.54, 1.807) is 17.9 Å². The van der Waals surface area contributed by atoms with Crippen LogP contribution in [0.2, 0.25) is 0 Å². The summed E-state index contributed by atoms with van der Waals surface area (Å²) in [5, 5.41) is 11.0. The Balaban J connectivity index is 2.26. The maximum atomic E-state index is 12.5. The van der Waals surface area contributed by atoms with Gasteiger partial charge in [-0.25, -0.2) is 0 Å². The molecule has 21 heavy (non-hydrogen) atoms. The second kappa shape index (κ2) is 6.09. The molecule has 1 fully saturated rings. The van der Waals surface area contributed by atoms with E-state index >= 15 is 0 Å². The topological polar surface area (TPSA) is 115 Å². The van der Waals surface area contributed by atoms with Gasteiger partial charge >= 0.3 is 0 Å². The number of nitrogens with zero attached hydrogens (tertiary/aromatic N) is 2. The molecule has 1 aromatic carbocycles. The second-order valence-electron chi connectivity index (χ2n) is 5.47. The van der Waals surface area contributed by atoms with Gasteiger partial charge in [0.05, 0.1) is 10.5 Å². The summed E-state index contributed by atoms with van der Waals surface area (Å²) in [6.07, 6.45) is 1.71. The lowest BCUT2D eigenvalue weighted by Crippen LogP contribution is -2.40. The van der Waals surface area contributed by atoms with E-state index in [2.05, 4.69) is 0 Å². The first-order valence-corrected chi connectivity index (χ1v) is 6.98. The SMILES string of the molecule is Cc1cc(C(=O)N2CCC(CN)CC2)c(N)c([N+](=O)[O-])c1. The van der Waals surface area contributed by atoms with E-state index in [-0.39, 0.29) is 22.8 Å². The number of nitrogen functional groups attached to an aromatic ring is 1. The molecule has 0 atom stereocenters. The maximum Gasteiger partial charge on any atom is 0.293 e. The highest BCUT2D eigenvalue weighted by Gasteiger charge is 2.27. The maximum absolute atomic E-state index is 12.5. The zero-order valence-corrected chi connectivity index (χ0v) is 12.0. The van der Waals surface area contributed by atoms with Gasteiger partial charge in [0.15, 0.2) is 0 Å². The third-order valence-corrected chi connectivity index (χ3v) is 3.96. The Morgan fingerprint density at radius 1 is 1.43 bits per heavy atom. The van der Waals surface area contributed by atoms with Crippen molar-refractivity contribution in [3.63, 3.8) is 0 Å². The van der Waals surface area contributed by atoms with Gasteiger partial charge in [-0.3, -0.25) is 14.9 Å². The largest absolute Gasteiger partial charge is 0.393 e. The van der Waals surface area contributed by atoms with Crippen LogP contribution in [0.4, 0.5) is 11.4 Å². The molecule has 7 nitrogen and oxygen atoms in total. The number of nitrogens with two attached hydrogens (primary N) is 2. The summed E-state index contributed by atoms with van der Waals surface area (Å²) >= 11 is 0. The van der Waals surface area contributed by atoms with E-state index in [0.717, 1.165) is 12.8 Å². The van der Waals surface area contributed by atoms with Crippen molar-refractivity contribution in [3.05, 3.63) is 33.4 Å². The lowest BCUT2D eigenvalue weighted by Gasteiger charge is -2.31. The van der Waals surface area contributed by atoms with Gasteiger partial charge < -0.3 is 16.4 Å². The normalized spacial score (nSPS) is 16.0. The molecule has 7 heteroatoms. The van der Waals surface area contributed by atoms with Crippen LogP contribution in [-0.2, 0) is 0 Å². The molecular formula is C14H20N4O3. The van der Waals surface area contributed by atoms with Gasteiger partial charge in [0.25, 0.3) is 11.6 Å². The molecule has 0 unspecified atom stereocenters. The molecule has 1 aliphatic rings. The zero-order valence-electron chi connectivity index (χ0n) is 12.0. The molecule has 1 heterocycles. The van der Waals surface area contributed by atoms with Gasteiger partial charge in [-0.2, -0.15) is 0 Å². The second-order valence-corrected chi connectivity index (χ2v) is 5.47. The minimum absolute atomic E-state index is 0.0588. The number of aryl methyl sites for hydroxylation is 1. The fourth-order valence-electron chi connectivity index (χ4n) is 2.65. The minimum Gasteiger partial charge on any atom is -0.393 e. The molecule has 0 aliphatic carbocycles. The number of nitro groups is 1. The number of rotatable bonds is 3. The van der Waals surface area contributed by atoms with E-state index in [1.165, 1.54) is 6.07 Å². The molecule has 0 saturated carbocycles. The van der Waals surface area contributed by atoms with E-state index in [9.17, 15) is 14.9 Å². The molecule has 2 rings (SSSR count). The van der Waals surface area contributed by atoms with E-state index in [1.807, 2.05) is 0 Å². The number of amides is 1. The first kappa shape index (κ1) is 15.2. The highest BCUT2D eigenvalue weighted by Crippen LogP contribution is 2.29. The third-order valence-electron chi connectivity index (χ3n) is 3.96. The average molecular weight is 292 g/mol. The molecule has 0 bridgehead atoms. The van der Waals surface area contributed by atoms with Gasteiger partial charge in [0.2, 0.25) is 0 Å². The zero-order chi connectivity index (χ0) is 15.6. The third kappa shape index (κ3) is 3.13. The first-order valence-electron chi connectivity index (χ1n) is 6.98. The summed E-state index contributed by atoms with van der Waals surface area (Å²) < 4.78 is 0. The van der Waals surface area contributed by atoms with Gasteiger partial charge in [0, 0.05) is 19.2 Å². The van der Waals surface area contributed by atoms with Crippen molar-refractivity contribution in [2.75, 3.05) is 25.4 Å². The molecule has 0 spiro atoms. The molecule has 0 radical (unpaired) electrons. The Kier molecular flexibility index (Phi) is 4.42. The predicted octanol–water partition coefficient (Wildman–Crippen LogP) is 1.30. The van der Waals surface area contributed by atoms with Gasteiger partial charge in [-0.1, -0.05) is 0 Å². The molecule has 1 aromatic rings.